The van der Waals surface area contributed by atoms with E-state index in [1.54, 1.807) is 0 Å². The van der Waals surface area contributed by atoms with Crippen molar-refractivity contribution in [3.05, 3.63) is 206 Å². The van der Waals surface area contributed by atoms with Gasteiger partial charge in [0.25, 0.3) is 0 Å². The topological polar surface area (TPSA) is 44.9 Å². The van der Waals surface area contributed by atoms with Crippen molar-refractivity contribution in [3.63, 3.8) is 0 Å². The summed E-state index contributed by atoms with van der Waals surface area (Å²) in [5, 5.41) is 7.07. The third-order valence-corrected chi connectivity index (χ3v) is 12.3. The highest BCUT2D eigenvalue weighted by atomic mass is 16.5. The molecular weight excluding hydrogens is 745 g/mol. The number of fused-ring (bicyclic) bond motifs is 9. The average Bonchev–Trinajstić information content (AvgIpc) is 3.85. The van der Waals surface area contributed by atoms with Gasteiger partial charge in [-0.3, -0.25) is 4.57 Å². The summed E-state index contributed by atoms with van der Waals surface area (Å²) in [5.74, 6) is 2.35. The van der Waals surface area contributed by atoms with Crippen LogP contribution in [0.5, 0.6) is 11.5 Å². The SMILES string of the molecule is c1ccc(-c2cc(-c3ccccc3)nc(-n3c4ccccc4c4c(-c5ccc6c(c5)-c5cccc7c5c(cc5c7c7ccccc7n5-c5ccccc5)O6)cccc43)n2)cc1. The summed E-state index contributed by atoms with van der Waals surface area (Å²) in [6, 6.07) is 72.9. The molecule has 0 fully saturated rings. The Morgan fingerprint density at radius 1 is 0.328 bits per heavy atom. The molecule has 13 rings (SSSR count). The first kappa shape index (κ1) is 33.7. The predicted molar refractivity (Wildman–Crippen MR) is 250 cm³/mol. The summed E-state index contributed by atoms with van der Waals surface area (Å²) < 4.78 is 11.5. The molecule has 3 aromatic heterocycles. The van der Waals surface area contributed by atoms with E-state index in [4.69, 9.17) is 14.7 Å². The molecule has 4 heterocycles. The lowest BCUT2D eigenvalue weighted by Crippen LogP contribution is -2.04. The largest absolute Gasteiger partial charge is 0.456 e. The number of benzene rings is 9. The van der Waals surface area contributed by atoms with Gasteiger partial charge in [0.2, 0.25) is 5.95 Å². The molecule has 0 N–H and O–H groups in total. The van der Waals surface area contributed by atoms with Crippen molar-refractivity contribution in [1.29, 1.82) is 0 Å². The molecular formula is C56H34N4O. The van der Waals surface area contributed by atoms with Crippen molar-refractivity contribution >= 4 is 54.4 Å². The maximum absolute atomic E-state index is 6.92. The summed E-state index contributed by atoms with van der Waals surface area (Å²) in [5.41, 5.74) is 13.8. The van der Waals surface area contributed by atoms with Crippen LogP contribution in [-0.4, -0.2) is 19.1 Å². The number of rotatable bonds is 5. The van der Waals surface area contributed by atoms with Crippen LogP contribution in [0.25, 0.3) is 111 Å². The molecule has 0 unspecified atom stereocenters. The molecule has 284 valence electrons. The van der Waals surface area contributed by atoms with Gasteiger partial charge in [-0.1, -0.05) is 152 Å². The van der Waals surface area contributed by atoms with E-state index in [1.807, 2.05) is 12.1 Å². The van der Waals surface area contributed by atoms with Crippen LogP contribution in [0.15, 0.2) is 206 Å². The highest BCUT2D eigenvalue weighted by Gasteiger charge is 2.26. The first-order valence-corrected chi connectivity index (χ1v) is 20.7. The third-order valence-electron chi connectivity index (χ3n) is 12.3. The van der Waals surface area contributed by atoms with Gasteiger partial charge < -0.3 is 9.30 Å². The lowest BCUT2D eigenvalue weighted by atomic mass is 9.90. The highest BCUT2D eigenvalue weighted by Crippen LogP contribution is 2.52. The van der Waals surface area contributed by atoms with Crippen molar-refractivity contribution in [2.24, 2.45) is 0 Å². The van der Waals surface area contributed by atoms with Gasteiger partial charge in [0.05, 0.1) is 33.5 Å². The molecule has 5 nitrogen and oxygen atoms in total. The molecule has 0 aliphatic carbocycles. The van der Waals surface area contributed by atoms with Crippen LogP contribution >= 0.6 is 0 Å². The average molecular weight is 779 g/mol. The Morgan fingerprint density at radius 2 is 0.902 bits per heavy atom. The summed E-state index contributed by atoms with van der Waals surface area (Å²) in [7, 11) is 0. The first-order chi connectivity index (χ1) is 30.3. The molecule has 0 bridgehead atoms. The van der Waals surface area contributed by atoms with Gasteiger partial charge in [0.15, 0.2) is 0 Å². The van der Waals surface area contributed by atoms with Gasteiger partial charge in [0.1, 0.15) is 11.5 Å². The summed E-state index contributed by atoms with van der Waals surface area (Å²) in [6.07, 6.45) is 0. The van der Waals surface area contributed by atoms with Gasteiger partial charge in [-0.2, -0.15) is 0 Å². The van der Waals surface area contributed by atoms with Gasteiger partial charge >= 0.3 is 0 Å². The van der Waals surface area contributed by atoms with E-state index < -0.39 is 0 Å². The molecule has 0 spiro atoms. The minimum absolute atomic E-state index is 0.630. The predicted octanol–water partition coefficient (Wildman–Crippen LogP) is 14.6. The number of ether oxygens (including phenoxy) is 1. The zero-order valence-corrected chi connectivity index (χ0v) is 32.8. The minimum atomic E-state index is 0.630. The number of nitrogens with zero attached hydrogens (tertiary/aromatic N) is 4. The molecule has 0 radical (unpaired) electrons. The summed E-state index contributed by atoms with van der Waals surface area (Å²) >= 11 is 0. The molecule has 0 saturated heterocycles. The van der Waals surface area contributed by atoms with Gasteiger partial charge in [-0.05, 0) is 70.6 Å². The Kier molecular flexibility index (Phi) is 7.24. The molecule has 5 heteroatoms. The van der Waals surface area contributed by atoms with E-state index >= 15 is 0 Å². The second-order valence-electron chi connectivity index (χ2n) is 15.7. The monoisotopic (exact) mass is 778 g/mol. The van der Waals surface area contributed by atoms with E-state index in [0.29, 0.717) is 5.95 Å². The molecule has 61 heavy (non-hydrogen) atoms. The second-order valence-corrected chi connectivity index (χ2v) is 15.7. The fourth-order valence-corrected chi connectivity index (χ4v) is 9.70. The Labute approximate surface area is 351 Å². The molecule has 1 aliphatic heterocycles. The Balaban J connectivity index is 1.02. The normalized spacial score (nSPS) is 12.1. The number of para-hydroxylation sites is 3. The third kappa shape index (κ3) is 5.08. The van der Waals surface area contributed by atoms with Crippen LogP contribution in [0.1, 0.15) is 0 Å². The van der Waals surface area contributed by atoms with E-state index in [0.717, 1.165) is 89.1 Å². The van der Waals surface area contributed by atoms with Crippen LogP contribution in [0.2, 0.25) is 0 Å². The first-order valence-electron chi connectivity index (χ1n) is 20.7. The number of hydrogen-bond acceptors (Lipinski definition) is 3. The van der Waals surface area contributed by atoms with E-state index in [1.165, 1.54) is 27.2 Å². The van der Waals surface area contributed by atoms with Gasteiger partial charge in [-0.25, -0.2) is 9.97 Å². The molecule has 0 atom stereocenters. The Bertz CT molecular complexity index is 3660. The molecule has 1 aliphatic rings. The molecule has 0 amide bonds. The zero-order valence-electron chi connectivity index (χ0n) is 32.8. The summed E-state index contributed by atoms with van der Waals surface area (Å²) in [4.78, 5) is 10.5. The molecule has 0 saturated carbocycles. The standard InChI is InChI=1S/C56H34N4O/c1-4-16-35(17-5-1)45-33-46(36-18-6-2-7-19-36)58-56(57-45)60-48-28-13-11-23-42(48)53-39(24-15-29-49(53)60)37-30-31-51-44(32-37)40-25-14-26-43-54-41-22-10-12-27-47(41)59(38-20-8-3-9-21-38)50(54)34-52(61-51)55(40)43/h1-34H. The lowest BCUT2D eigenvalue weighted by molar-refractivity contribution is 0.487. The van der Waals surface area contributed by atoms with Crippen molar-refractivity contribution in [2.45, 2.75) is 0 Å². The van der Waals surface area contributed by atoms with Crippen molar-refractivity contribution in [3.8, 4) is 67.9 Å². The van der Waals surface area contributed by atoms with Gasteiger partial charge in [-0.15, -0.1) is 0 Å². The van der Waals surface area contributed by atoms with Gasteiger partial charge in [0, 0.05) is 55.4 Å². The minimum Gasteiger partial charge on any atom is -0.456 e. The van der Waals surface area contributed by atoms with E-state index in [-0.39, 0.29) is 0 Å². The fraction of sp³-hybridized carbons (Fsp3) is 0. The van der Waals surface area contributed by atoms with Crippen molar-refractivity contribution in [1.82, 2.24) is 19.1 Å². The van der Waals surface area contributed by atoms with Crippen molar-refractivity contribution < 1.29 is 4.74 Å². The number of hydrogen-bond donors (Lipinski definition) is 0. The zero-order chi connectivity index (χ0) is 40.0. The van der Waals surface area contributed by atoms with Crippen LogP contribution in [0, 0.1) is 0 Å². The smallest absolute Gasteiger partial charge is 0.235 e. The maximum atomic E-state index is 6.92. The number of aromatic nitrogens is 4. The second kappa shape index (κ2) is 13.1. The highest BCUT2D eigenvalue weighted by molar-refractivity contribution is 6.25. The Hall–Kier alpha value is -8.28. The molecule has 9 aromatic carbocycles. The molecule has 12 aromatic rings. The van der Waals surface area contributed by atoms with Crippen LogP contribution < -0.4 is 4.74 Å². The maximum Gasteiger partial charge on any atom is 0.235 e. The summed E-state index contributed by atoms with van der Waals surface area (Å²) in [6.45, 7) is 0. The lowest BCUT2D eigenvalue weighted by Gasteiger charge is -2.23. The van der Waals surface area contributed by atoms with Crippen molar-refractivity contribution in [2.75, 3.05) is 0 Å². The van der Waals surface area contributed by atoms with Crippen LogP contribution in [0.3, 0.4) is 0 Å². The van der Waals surface area contributed by atoms with E-state index in [9.17, 15) is 0 Å². The quantitative estimate of drug-likeness (QED) is 0.175. The van der Waals surface area contributed by atoms with Crippen LogP contribution in [0.4, 0.5) is 0 Å². The van der Waals surface area contributed by atoms with E-state index in [2.05, 4.69) is 203 Å². The Morgan fingerprint density at radius 3 is 1.62 bits per heavy atom. The fourth-order valence-electron chi connectivity index (χ4n) is 9.70. The van der Waals surface area contributed by atoms with Crippen LogP contribution in [-0.2, 0) is 0 Å².